The van der Waals surface area contributed by atoms with Gasteiger partial charge in [0, 0.05) is 30.3 Å². The van der Waals surface area contributed by atoms with Crippen molar-refractivity contribution in [2.45, 2.75) is 49.6 Å². The number of nitro benzene ring substituents is 1. The maximum absolute atomic E-state index is 12.9. The molecule has 0 amide bonds. The quantitative estimate of drug-likeness (QED) is 0.0621. The molecule has 1 saturated heterocycles. The molecule has 2 N–H and O–H groups in total. The standard InChI is InChI=1S/C40H41N3O11/c1-26(23-27-9-7-8-12-33(27)43(47)48)51-25-52-37-34(54-38(36(37)45)42-22-21-35(44)41-39(42)46)24-53-40(28-10-5-4-6-11-28,29-13-17-31(49-2)18-14-29)30-15-19-32(50-3)20-16-30/h4-22,26,34,36-38,45H,23-25H2,1-3H3,(H,41,44,46)/t26?,34-,36-,37-,38-/m0/s1. The summed E-state index contributed by atoms with van der Waals surface area (Å²) in [6.45, 7) is 1.27. The van der Waals surface area contributed by atoms with Crippen LogP contribution in [0.4, 0.5) is 5.69 Å². The summed E-state index contributed by atoms with van der Waals surface area (Å²) < 4.78 is 37.4. The molecule has 5 atom stereocenters. The number of nitrogens with one attached hydrogen (secondary N) is 1. The van der Waals surface area contributed by atoms with Crippen molar-refractivity contribution in [1.82, 2.24) is 9.55 Å². The number of nitro groups is 1. The molecule has 0 spiro atoms. The Labute approximate surface area is 310 Å². The summed E-state index contributed by atoms with van der Waals surface area (Å²) in [6.07, 6.45) is -3.77. The number of aliphatic hydroxyl groups excluding tert-OH is 1. The second-order valence-corrected chi connectivity index (χ2v) is 12.7. The molecule has 0 bridgehead atoms. The SMILES string of the molecule is COc1ccc(C(OC[C@@H]2O[C@H](n3ccc(=O)[nH]c3=O)[C@@H](O)[C@H]2OCOC(C)Cc2ccccc2[N+](=O)[O-])(c2ccccc2)c2ccc(OC)cc2)cc1. The van der Waals surface area contributed by atoms with Crippen molar-refractivity contribution in [3.05, 3.63) is 169 Å². The molecule has 4 aromatic carbocycles. The van der Waals surface area contributed by atoms with E-state index in [-0.39, 0.29) is 25.5 Å². The van der Waals surface area contributed by atoms with Crippen LogP contribution in [0.5, 0.6) is 11.5 Å². The van der Waals surface area contributed by atoms with E-state index < -0.39 is 52.4 Å². The largest absolute Gasteiger partial charge is 0.497 e. The molecular weight excluding hydrogens is 698 g/mol. The fraction of sp³-hybridized carbons (Fsp3) is 0.300. The van der Waals surface area contributed by atoms with Gasteiger partial charge < -0.3 is 33.5 Å². The Bertz CT molecular complexity index is 2070. The third-order valence-electron chi connectivity index (χ3n) is 9.38. The number of rotatable bonds is 16. The lowest BCUT2D eigenvalue weighted by Gasteiger charge is -2.37. The van der Waals surface area contributed by atoms with Crippen molar-refractivity contribution in [1.29, 1.82) is 0 Å². The van der Waals surface area contributed by atoms with Gasteiger partial charge in [-0.15, -0.1) is 0 Å². The van der Waals surface area contributed by atoms with E-state index >= 15 is 0 Å². The summed E-state index contributed by atoms with van der Waals surface area (Å²) >= 11 is 0. The fourth-order valence-corrected chi connectivity index (χ4v) is 6.66. The number of nitrogens with zero attached hydrogens (tertiary/aromatic N) is 2. The molecule has 6 rings (SSSR count). The highest BCUT2D eigenvalue weighted by atomic mass is 16.7. The van der Waals surface area contributed by atoms with E-state index in [2.05, 4.69) is 4.98 Å². The molecule has 0 aliphatic carbocycles. The van der Waals surface area contributed by atoms with Gasteiger partial charge in [-0.3, -0.25) is 24.5 Å². The lowest BCUT2D eigenvalue weighted by Crippen LogP contribution is -2.41. The highest BCUT2D eigenvalue weighted by Crippen LogP contribution is 2.43. The van der Waals surface area contributed by atoms with Gasteiger partial charge in [-0.25, -0.2) is 4.79 Å². The Balaban J connectivity index is 1.33. The zero-order valence-electron chi connectivity index (χ0n) is 29.9. The van der Waals surface area contributed by atoms with Crippen molar-refractivity contribution in [2.75, 3.05) is 27.6 Å². The second-order valence-electron chi connectivity index (χ2n) is 12.7. The Morgan fingerprint density at radius 1 is 0.870 bits per heavy atom. The van der Waals surface area contributed by atoms with Crippen molar-refractivity contribution < 1.29 is 38.5 Å². The maximum atomic E-state index is 12.9. The van der Waals surface area contributed by atoms with Gasteiger partial charge in [0.1, 0.15) is 42.2 Å². The number of aromatic nitrogens is 2. The number of methoxy groups -OCH3 is 2. The summed E-state index contributed by atoms with van der Waals surface area (Å²) in [5.74, 6) is 1.30. The molecule has 5 aromatic rings. The number of aromatic amines is 1. The first-order valence-corrected chi connectivity index (χ1v) is 17.2. The number of ether oxygens (including phenoxy) is 6. The number of aliphatic hydroxyl groups is 1. The highest BCUT2D eigenvalue weighted by molar-refractivity contribution is 5.50. The third kappa shape index (κ3) is 8.12. The zero-order chi connectivity index (χ0) is 38.2. The molecule has 1 aliphatic heterocycles. The highest BCUT2D eigenvalue weighted by Gasteiger charge is 2.48. The van der Waals surface area contributed by atoms with Gasteiger partial charge in [0.05, 0.1) is 31.9 Å². The minimum Gasteiger partial charge on any atom is -0.497 e. The van der Waals surface area contributed by atoms with Crippen LogP contribution in [0.2, 0.25) is 0 Å². The van der Waals surface area contributed by atoms with Crippen LogP contribution in [0.3, 0.4) is 0 Å². The molecule has 14 nitrogen and oxygen atoms in total. The van der Waals surface area contributed by atoms with Gasteiger partial charge in [-0.05, 0) is 47.9 Å². The summed E-state index contributed by atoms with van der Waals surface area (Å²) in [4.78, 5) is 38.0. The molecule has 54 heavy (non-hydrogen) atoms. The molecule has 2 heterocycles. The van der Waals surface area contributed by atoms with Crippen LogP contribution in [0.1, 0.15) is 35.4 Å². The van der Waals surface area contributed by atoms with Gasteiger partial charge in [0.25, 0.3) is 11.2 Å². The second kappa shape index (κ2) is 17.0. The first-order valence-electron chi connectivity index (χ1n) is 17.2. The molecule has 1 fully saturated rings. The molecule has 1 aliphatic rings. The van der Waals surface area contributed by atoms with Crippen molar-refractivity contribution in [3.8, 4) is 11.5 Å². The van der Waals surface area contributed by atoms with Crippen LogP contribution in [0.15, 0.2) is 125 Å². The first-order chi connectivity index (χ1) is 26.1. The summed E-state index contributed by atoms with van der Waals surface area (Å²) in [7, 11) is 3.17. The molecule has 282 valence electrons. The summed E-state index contributed by atoms with van der Waals surface area (Å²) in [5, 5.41) is 23.2. The average molecular weight is 740 g/mol. The van der Waals surface area contributed by atoms with Crippen LogP contribution >= 0.6 is 0 Å². The zero-order valence-corrected chi connectivity index (χ0v) is 29.9. The molecule has 1 aromatic heterocycles. The summed E-state index contributed by atoms with van der Waals surface area (Å²) in [6, 6.07) is 32.1. The maximum Gasteiger partial charge on any atom is 0.330 e. The lowest BCUT2D eigenvalue weighted by atomic mass is 9.80. The monoisotopic (exact) mass is 739 g/mol. The van der Waals surface area contributed by atoms with Gasteiger partial charge >= 0.3 is 5.69 Å². The number of hydrogen-bond donors (Lipinski definition) is 2. The van der Waals surface area contributed by atoms with Crippen molar-refractivity contribution in [3.63, 3.8) is 0 Å². The fourth-order valence-electron chi connectivity index (χ4n) is 6.66. The van der Waals surface area contributed by atoms with E-state index in [1.54, 1.807) is 39.3 Å². The number of para-hydroxylation sites is 1. The number of H-pyrrole nitrogens is 1. The lowest BCUT2D eigenvalue weighted by molar-refractivity contribution is -0.385. The number of hydrogen-bond acceptors (Lipinski definition) is 11. The average Bonchev–Trinajstić information content (AvgIpc) is 3.49. The molecule has 1 unspecified atom stereocenters. The van der Waals surface area contributed by atoms with E-state index in [1.807, 2.05) is 78.9 Å². The van der Waals surface area contributed by atoms with E-state index in [9.17, 15) is 24.8 Å². The molecule has 14 heteroatoms. The Kier molecular flexibility index (Phi) is 12.0. The predicted molar refractivity (Wildman–Crippen MR) is 197 cm³/mol. The minimum absolute atomic E-state index is 0.0181. The van der Waals surface area contributed by atoms with Crippen LogP contribution in [-0.2, 0) is 31.0 Å². The Morgan fingerprint density at radius 2 is 1.46 bits per heavy atom. The molecular formula is C40H41N3O11. The van der Waals surface area contributed by atoms with Gasteiger partial charge in [0.15, 0.2) is 6.23 Å². The van der Waals surface area contributed by atoms with Gasteiger partial charge in [-0.2, -0.15) is 0 Å². The minimum atomic E-state index is -1.41. The molecule has 0 saturated carbocycles. The van der Waals surface area contributed by atoms with E-state index in [0.717, 1.165) is 27.3 Å². The van der Waals surface area contributed by atoms with Gasteiger partial charge in [0.2, 0.25) is 0 Å². The van der Waals surface area contributed by atoms with Crippen molar-refractivity contribution in [2.24, 2.45) is 0 Å². The summed E-state index contributed by atoms with van der Waals surface area (Å²) in [5.41, 5.74) is 0.165. The normalized spacial score (nSPS) is 19.0. The predicted octanol–water partition coefficient (Wildman–Crippen LogP) is 4.72. The van der Waals surface area contributed by atoms with Crippen LogP contribution in [0, 0.1) is 10.1 Å². The van der Waals surface area contributed by atoms with Crippen LogP contribution < -0.4 is 20.7 Å². The van der Waals surface area contributed by atoms with Crippen molar-refractivity contribution >= 4 is 5.69 Å². The van der Waals surface area contributed by atoms with E-state index in [0.29, 0.717) is 17.1 Å². The van der Waals surface area contributed by atoms with E-state index in [4.69, 9.17) is 28.4 Å². The third-order valence-corrected chi connectivity index (χ3v) is 9.38. The Hall–Kier alpha value is -5.64. The van der Waals surface area contributed by atoms with Crippen LogP contribution in [-0.4, -0.2) is 71.6 Å². The number of benzene rings is 4. The van der Waals surface area contributed by atoms with Crippen LogP contribution in [0.25, 0.3) is 0 Å². The Morgan fingerprint density at radius 3 is 2.06 bits per heavy atom. The van der Waals surface area contributed by atoms with Gasteiger partial charge in [-0.1, -0.05) is 72.8 Å². The smallest absolute Gasteiger partial charge is 0.330 e. The first kappa shape index (κ1) is 38.1. The molecule has 0 radical (unpaired) electrons. The van der Waals surface area contributed by atoms with E-state index in [1.165, 1.54) is 12.3 Å². The topological polar surface area (TPSA) is 174 Å².